The Morgan fingerprint density at radius 2 is 0.552 bits per heavy atom. The van der Waals surface area contributed by atoms with Crippen molar-refractivity contribution in [2.75, 3.05) is 39.6 Å². The van der Waals surface area contributed by atoms with E-state index in [4.69, 9.17) is 37.0 Å². The van der Waals surface area contributed by atoms with Crippen LogP contribution >= 0.6 is 15.6 Å². The first kappa shape index (κ1) is 85.1. The summed E-state index contributed by atoms with van der Waals surface area (Å²) in [5.74, 6) is -0.553. The number of esters is 4. The first-order valence-corrected chi connectivity index (χ1v) is 38.6. The van der Waals surface area contributed by atoms with Crippen molar-refractivity contribution in [1.29, 1.82) is 0 Å². The molecule has 0 aliphatic rings. The smallest absolute Gasteiger partial charge is 0.462 e. The number of hydrogen-bond acceptors (Lipinski definition) is 15. The molecule has 0 heterocycles. The SMILES string of the molecule is CCCCCCCCCCCCC(=O)O[C@H](COC(=O)CCCCCCCCCCC)COP(=O)(O)OC[C@H](O)COP(=O)(O)OC[C@@H](COC(=O)CCCCCCCCC(C)CC)OC(=O)CCCCCCCCCCCCCCCCC(C)CC. The molecule has 0 saturated heterocycles. The van der Waals surface area contributed by atoms with E-state index >= 15 is 0 Å². The van der Waals surface area contributed by atoms with Gasteiger partial charge in [0.15, 0.2) is 12.2 Å². The first-order chi connectivity index (χ1) is 41.9. The number of phosphoric ester groups is 2. The molecule has 0 aromatic heterocycles. The van der Waals surface area contributed by atoms with E-state index in [0.717, 1.165) is 108 Å². The van der Waals surface area contributed by atoms with Gasteiger partial charge in [0.05, 0.1) is 26.4 Å². The number of ether oxygens (including phenoxy) is 4. The van der Waals surface area contributed by atoms with Crippen LogP contribution in [0.25, 0.3) is 0 Å². The molecule has 4 unspecified atom stereocenters. The van der Waals surface area contributed by atoms with Crippen molar-refractivity contribution in [3.63, 3.8) is 0 Å². The average molecular weight is 1280 g/mol. The van der Waals surface area contributed by atoms with Crippen LogP contribution in [0.4, 0.5) is 0 Å². The fourth-order valence-corrected chi connectivity index (χ4v) is 11.8. The molecule has 7 atom stereocenters. The van der Waals surface area contributed by atoms with Gasteiger partial charge in [0.2, 0.25) is 0 Å². The molecule has 3 N–H and O–H groups in total. The molecule has 0 aliphatic carbocycles. The van der Waals surface area contributed by atoms with Gasteiger partial charge in [-0.2, -0.15) is 0 Å². The number of aliphatic hydroxyl groups excluding tert-OH is 1. The van der Waals surface area contributed by atoms with Crippen LogP contribution in [0.3, 0.4) is 0 Å². The molecule has 87 heavy (non-hydrogen) atoms. The lowest BCUT2D eigenvalue weighted by Crippen LogP contribution is -2.30. The minimum absolute atomic E-state index is 0.106. The molecule has 19 heteroatoms. The monoisotopic (exact) mass is 1280 g/mol. The summed E-state index contributed by atoms with van der Waals surface area (Å²) in [5.41, 5.74) is 0. The van der Waals surface area contributed by atoms with Crippen molar-refractivity contribution in [3.05, 3.63) is 0 Å². The quantitative estimate of drug-likeness (QED) is 0.0222. The molecule has 17 nitrogen and oxygen atoms in total. The molecule has 0 bridgehead atoms. The predicted molar refractivity (Wildman–Crippen MR) is 349 cm³/mol. The van der Waals surface area contributed by atoms with E-state index in [2.05, 4.69) is 41.5 Å². The Morgan fingerprint density at radius 3 is 0.816 bits per heavy atom. The van der Waals surface area contributed by atoms with Crippen molar-refractivity contribution in [2.24, 2.45) is 11.8 Å². The second kappa shape index (κ2) is 60.3. The molecule has 0 rings (SSSR count). The highest BCUT2D eigenvalue weighted by Crippen LogP contribution is 2.45. The van der Waals surface area contributed by atoms with Crippen molar-refractivity contribution < 1.29 is 80.2 Å². The van der Waals surface area contributed by atoms with Gasteiger partial charge in [0, 0.05) is 25.7 Å². The summed E-state index contributed by atoms with van der Waals surface area (Å²) >= 11 is 0. The number of carbonyl (C=O) groups excluding carboxylic acids is 4. The lowest BCUT2D eigenvalue weighted by molar-refractivity contribution is -0.161. The van der Waals surface area contributed by atoms with Crippen molar-refractivity contribution in [1.82, 2.24) is 0 Å². The average Bonchev–Trinajstić information content (AvgIpc) is 3.71. The lowest BCUT2D eigenvalue weighted by Gasteiger charge is -2.21. The van der Waals surface area contributed by atoms with Gasteiger partial charge in [-0.25, -0.2) is 9.13 Å². The molecule has 0 aromatic rings. The van der Waals surface area contributed by atoms with Crippen molar-refractivity contribution in [3.8, 4) is 0 Å². The number of rotatable bonds is 67. The normalized spacial score (nSPS) is 14.8. The summed E-state index contributed by atoms with van der Waals surface area (Å²) in [6, 6.07) is 0. The zero-order valence-electron chi connectivity index (χ0n) is 56.3. The van der Waals surface area contributed by atoms with Crippen LogP contribution in [0.2, 0.25) is 0 Å². The Hall–Kier alpha value is -1.94. The summed E-state index contributed by atoms with van der Waals surface area (Å²) in [7, 11) is -9.89. The Bertz CT molecular complexity index is 1700. The van der Waals surface area contributed by atoms with Crippen LogP contribution in [-0.4, -0.2) is 96.7 Å². The Morgan fingerprint density at radius 1 is 0.322 bits per heavy atom. The van der Waals surface area contributed by atoms with Gasteiger partial charge >= 0.3 is 39.5 Å². The third-order valence-corrected chi connectivity index (χ3v) is 18.3. The van der Waals surface area contributed by atoms with Gasteiger partial charge < -0.3 is 33.8 Å². The minimum atomic E-state index is -4.95. The van der Waals surface area contributed by atoms with Crippen molar-refractivity contribution >= 4 is 39.5 Å². The van der Waals surface area contributed by atoms with E-state index in [0.29, 0.717) is 25.7 Å². The summed E-state index contributed by atoms with van der Waals surface area (Å²) < 4.78 is 68.1. The third-order valence-electron chi connectivity index (χ3n) is 16.4. The van der Waals surface area contributed by atoms with Crippen LogP contribution in [0.15, 0.2) is 0 Å². The zero-order chi connectivity index (χ0) is 64.3. The number of aliphatic hydroxyl groups is 1. The lowest BCUT2D eigenvalue weighted by atomic mass is 9.99. The summed E-state index contributed by atoms with van der Waals surface area (Å²) in [4.78, 5) is 72.3. The number of hydrogen-bond donors (Lipinski definition) is 3. The second-order valence-electron chi connectivity index (χ2n) is 25.0. The summed E-state index contributed by atoms with van der Waals surface area (Å²) in [6.07, 6.45) is 44.4. The molecule has 0 aliphatic heterocycles. The minimum Gasteiger partial charge on any atom is -0.462 e. The van der Waals surface area contributed by atoms with Crippen LogP contribution in [-0.2, 0) is 65.4 Å². The molecule has 0 saturated carbocycles. The van der Waals surface area contributed by atoms with Gasteiger partial charge in [-0.15, -0.1) is 0 Å². The molecular weight excluding hydrogens is 1150 g/mol. The van der Waals surface area contributed by atoms with Gasteiger partial charge in [-0.3, -0.25) is 37.3 Å². The standard InChI is InChI=1S/C68H132O17P2/c1-7-11-13-15-17-19-28-32-40-46-52-67(72)84-63(56-78-65(70)50-44-38-31-26-18-16-14-12-8-2)58-82-86(74,75)80-54-62(69)55-81-87(76,77)83-59-64(57-79-66(71)51-45-39-35-34-37-43-49-61(6)10-4)85-68(73)53-47-41-33-29-25-23-21-20-22-24-27-30-36-42-48-60(5)9-3/h60-64,69H,7-59H2,1-6H3,(H,74,75)(H,76,77)/t60?,61?,62-,63+,64+/m0/s1. The highest BCUT2D eigenvalue weighted by Gasteiger charge is 2.30. The second-order valence-corrected chi connectivity index (χ2v) is 28.0. The van der Waals surface area contributed by atoms with Gasteiger partial charge in [0.25, 0.3) is 0 Å². The van der Waals surface area contributed by atoms with Gasteiger partial charge in [-0.1, -0.05) is 292 Å². The van der Waals surface area contributed by atoms with Crippen LogP contribution in [0, 0.1) is 11.8 Å². The number of phosphoric acid groups is 2. The Kier molecular flexibility index (Phi) is 59.0. The molecule has 0 radical (unpaired) electrons. The fourth-order valence-electron chi connectivity index (χ4n) is 10.2. The van der Waals surface area contributed by atoms with E-state index < -0.39 is 97.5 Å². The van der Waals surface area contributed by atoms with Crippen LogP contribution in [0.5, 0.6) is 0 Å². The molecule has 516 valence electrons. The maximum atomic E-state index is 13.0. The van der Waals surface area contributed by atoms with Crippen molar-refractivity contribution in [2.45, 2.75) is 362 Å². The van der Waals surface area contributed by atoms with E-state index in [9.17, 15) is 43.2 Å². The maximum Gasteiger partial charge on any atom is 0.472 e. The zero-order valence-corrected chi connectivity index (χ0v) is 58.1. The third kappa shape index (κ3) is 60.1. The van der Waals surface area contributed by atoms with Crippen LogP contribution in [0.1, 0.15) is 343 Å². The molecular formula is C68H132O17P2. The topological polar surface area (TPSA) is 237 Å². The summed E-state index contributed by atoms with van der Waals surface area (Å²) in [6.45, 7) is 9.52. The highest BCUT2D eigenvalue weighted by molar-refractivity contribution is 7.47. The fraction of sp³-hybridized carbons (Fsp3) is 0.941. The summed E-state index contributed by atoms with van der Waals surface area (Å²) in [5, 5.41) is 10.6. The van der Waals surface area contributed by atoms with E-state index in [-0.39, 0.29) is 25.7 Å². The van der Waals surface area contributed by atoms with Crippen LogP contribution < -0.4 is 0 Å². The van der Waals surface area contributed by atoms with E-state index in [1.165, 1.54) is 154 Å². The first-order valence-electron chi connectivity index (χ1n) is 35.6. The highest BCUT2D eigenvalue weighted by atomic mass is 31.2. The molecule has 0 amide bonds. The number of carbonyl (C=O) groups is 4. The molecule has 0 spiro atoms. The number of unbranched alkanes of at least 4 members (excludes halogenated alkanes) is 35. The molecule has 0 aromatic carbocycles. The maximum absolute atomic E-state index is 13.0. The Balaban J connectivity index is 5.20. The van der Waals surface area contributed by atoms with Gasteiger partial charge in [-0.05, 0) is 37.5 Å². The largest absolute Gasteiger partial charge is 0.472 e. The van der Waals surface area contributed by atoms with Gasteiger partial charge in [0.1, 0.15) is 19.3 Å². The predicted octanol–water partition coefficient (Wildman–Crippen LogP) is 19.2. The van der Waals surface area contributed by atoms with E-state index in [1.54, 1.807) is 0 Å². The Labute approximate surface area is 530 Å². The molecule has 0 fully saturated rings. The van der Waals surface area contributed by atoms with E-state index in [1.807, 2.05) is 0 Å².